The summed E-state index contributed by atoms with van der Waals surface area (Å²) in [6, 6.07) is 8.34. The maximum absolute atomic E-state index is 11.0. The van der Waals surface area contributed by atoms with Gasteiger partial charge >= 0.3 is 0 Å². The molecule has 0 atom stereocenters. The zero-order chi connectivity index (χ0) is 19.1. The van der Waals surface area contributed by atoms with Crippen molar-refractivity contribution < 1.29 is 4.92 Å². The lowest BCUT2D eigenvalue weighted by Gasteiger charge is -2.26. The number of benzene rings is 1. The van der Waals surface area contributed by atoms with Crippen LogP contribution in [0.4, 0.5) is 11.4 Å². The largest absolute Gasteiger partial charge is 0.344 e. The van der Waals surface area contributed by atoms with Gasteiger partial charge in [-0.05, 0) is 56.8 Å². The van der Waals surface area contributed by atoms with Crippen LogP contribution >= 0.6 is 35.2 Å². The number of nitrogens with one attached hydrogen (secondary N) is 1. The van der Waals surface area contributed by atoms with Crippen LogP contribution in [-0.4, -0.2) is 47.0 Å². The van der Waals surface area contributed by atoms with Crippen LogP contribution < -0.4 is 5.32 Å². The fourth-order valence-electron chi connectivity index (χ4n) is 2.34. The van der Waals surface area contributed by atoms with Gasteiger partial charge in [0.05, 0.1) is 22.2 Å². The highest BCUT2D eigenvalue weighted by atomic mass is 35.5. The van der Waals surface area contributed by atoms with E-state index >= 15 is 0 Å². The molecular formula is C17H21ClN4O2S2. The van der Waals surface area contributed by atoms with E-state index in [9.17, 15) is 10.1 Å². The van der Waals surface area contributed by atoms with Gasteiger partial charge in [0.25, 0.3) is 5.69 Å². The number of hydrogen-bond acceptors (Lipinski definition) is 5. The standard InChI is InChI=1S/C17H21ClN4O2S2/c1-20(2)8-4-9-21(12-14-5-3-10-26-14)17(25)19-16-11-13(22(23)24)6-7-15(16)18/h3,5-7,10-11H,4,8-9,12H2,1-2H3,(H,19,25). The second-order valence-corrected chi connectivity index (χ2v) is 7.84. The lowest BCUT2D eigenvalue weighted by molar-refractivity contribution is -0.384. The Morgan fingerprint density at radius 1 is 1.35 bits per heavy atom. The van der Waals surface area contributed by atoms with E-state index in [1.165, 1.54) is 23.1 Å². The zero-order valence-electron chi connectivity index (χ0n) is 14.6. The van der Waals surface area contributed by atoms with E-state index in [2.05, 4.69) is 21.2 Å². The van der Waals surface area contributed by atoms with Crippen molar-refractivity contribution >= 4 is 51.6 Å². The van der Waals surface area contributed by atoms with Crippen molar-refractivity contribution in [2.75, 3.05) is 32.5 Å². The normalized spacial score (nSPS) is 10.8. The van der Waals surface area contributed by atoms with E-state index in [4.69, 9.17) is 23.8 Å². The highest BCUT2D eigenvalue weighted by Crippen LogP contribution is 2.27. The Morgan fingerprint density at radius 3 is 2.73 bits per heavy atom. The minimum absolute atomic E-state index is 0.0304. The minimum atomic E-state index is -0.453. The zero-order valence-corrected chi connectivity index (χ0v) is 17.0. The number of anilines is 1. The SMILES string of the molecule is CN(C)CCCN(Cc1cccs1)C(=S)Nc1cc([N+](=O)[O-])ccc1Cl. The van der Waals surface area contributed by atoms with Gasteiger partial charge in [-0.2, -0.15) is 0 Å². The molecule has 0 saturated carbocycles. The van der Waals surface area contributed by atoms with Crippen LogP contribution in [0.2, 0.25) is 5.02 Å². The quantitative estimate of drug-likeness (QED) is 0.392. The van der Waals surface area contributed by atoms with Crippen molar-refractivity contribution in [1.82, 2.24) is 9.80 Å². The highest BCUT2D eigenvalue weighted by molar-refractivity contribution is 7.80. The van der Waals surface area contributed by atoms with E-state index in [0.717, 1.165) is 19.5 Å². The first-order valence-corrected chi connectivity index (χ1v) is 9.70. The first-order chi connectivity index (χ1) is 12.4. The van der Waals surface area contributed by atoms with E-state index in [0.29, 0.717) is 22.4 Å². The molecule has 26 heavy (non-hydrogen) atoms. The number of nitro benzene ring substituents is 1. The number of rotatable bonds is 8. The number of thiophene rings is 1. The Hall–Kier alpha value is -1.74. The molecule has 0 aliphatic rings. The van der Waals surface area contributed by atoms with Crippen molar-refractivity contribution in [3.8, 4) is 0 Å². The van der Waals surface area contributed by atoms with Crippen LogP contribution in [0.15, 0.2) is 35.7 Å². The number of non-ortho nitro benzene ring substituents is 1. The maximum Gasteiger partial charge on any atom is 0.271 e. The second-order valence-electron chi connectivity index (χ2n) is 6.01. The molecule has 0 bridgehead atoms. The number of nitro groups is 1. The summed E-state index contributed by atoms with van der Waals surface area (Å²) in [6.07, 6.45) is 0.947. The molecule has 6 nitrogen and oxygen atoms in total. The van der Waals surface area contributed by atoms with Crippen molar-refractivity contribution in [2.24, 2.45) is 0 Å². The molecule has 0 unspecified atom stereocenters. The molecule has 1 aromatic carbocycles. The average molecular weight is 413 g/mol. The molecule has 0 spiro atoms. The molecule has 0 aliphatic heterocycles. The van der Waals surface area contributed by atoms with Gasteiger partial charge in [-0.25, -0.2) is 0 Å². The van der Waals surface area contributed by atoms with Gasteiger partial charge in [0.2, 0.25) is 0 Å². The lowest BCUT2D eigenvalue weighted by atomic mass is 10.3. The monoisotopic (exact) mass is 412 g/mol. The number of hydrogen-bond donors (Lipinski definition) is 1. The van der Waals surface area contributed by atoms with Gasteiger partial charge in [0.1, 0.15) is 0 Å². The van der Waals surface area contributed by atoms with Gasteiger partial charge in [-0.1, -0.05) is 17.7 Å². The Kier molecular flexibility index (Phi) is 7.77. The third-order valence-electron chi connectivity index (χ3n) is 3.65. The van der Waals surface area contributed by atoms with Gasteiger partial charge in [-0.15, -0.1) is 11.3 Å². The molecule has 140 valence electrons. The summed E-state index contributed by atoms with van der Waals surface area (Å²) in [4.78, 5) is 15.9. The summed E-state index contributed by atoms with van der Waals surface area (Å²) >= 11 is 13.4. The second kappa shape index (κ2) is 9.82. The van der Waals surface area contributed by atoms with Crippen molar-refractivity contribution in [3.05, 3.63) is 55.7 Å². The van der Waals surface area contributed by atoms with E-state index in [1.807, 2.05) is 25.5 Å². The summed E-state index contributed by atoms with van der Waals surface area (Å²) in [6.45, 7) is 2.40. The summed E-state index contributed by atoms with van der Waals surface area (Å²) in [5.74, 6) is 0. The number of nitrogens with zero attached hydrogens (tertiary/aromatic N) is 3. The molecule has 0 aliphatic carbocycles. The fourth-order valence-corrected chi connectivity index (χ4v) is 3.49. The van der Waals surface area contributed by atoms with Crippen molar-refractivity contribution in [3.63, 3.8) is 0 Å². The van der Waals surface area contributed by atoms with Gasteiger partial charge in [0.15, 0.2) is 5.11 Å². The predicted molar refractivity (Wildman–Crippen MR) is 112 cm³/mol. The van der Waals surface area contributed by atoms with Gasteiger partial charge in [-0.3, -0.25) is 10.1 Å². The molecule has 2 aromatic rings. The number of thiocarbonyl (C=S) groups is 1. The molecular weight excluding hydrogens is 392 g/mol. The minimum Gasteiger partial charge on any atom is -0.344 e. The first-order valence-electron chi connectivity index (χ1n) is 8.04. The van der Waals surface area contributed by atoms with Crippen LogP contribution in [0.3, 0.4) is 0 Å². The summed E-state index contributed by atoms with van der Waals surface area (Å²) in [5, 5.41) is 17.0. The average Bonchev–Trinajstić information content (AvgIpc) is 3.08. The van der Waals surface area contributed by atoms with E-state index in [1.54, 1.807) is 11.3 Å². The highest BCUT2D eigenvalue weighted by Gasteiger charge is 2.15. The summed E-state index contributed by atoms with van der Waals surface area (Å²) in [7, 11) is 4.06. The molecule has 1 aromatic heterocycles. The predicted octanol–water partition coefficient (Wildman–Crippen LogP) is 4.46. The lowest BCUT2D eigenvalue weighted by Crippen LogP contribution is -2.36. The molecule has 2 rings (SSSR count). The Morgan fingerprint density at radius 2 is 2.12 bits per heavy atom. The van der Waals surface area contributed by atoms with Crippen LogP contribution in [-0.2, 0) is 6.54 Å². The third kappa shape index (κ3) is 6.21. The van der Waals surface area contributed by atoms with E-state index in [-0.39, 0.29) is 5.69 Å². The molecule has 0 saturated heterocycles. The van der Waals surface area contributed by atoms with Crippen LogP contribution in [0, 0.1) is 10.1 Å². The molecule has 1 N–H and O–H groups in total. The topological polar surface area (TPSA) is 61.6 Å². The summed E-state index contributed by atoms with van der Waals surface area (Å²) < 4.78 is 0. The van der Waals surface area contributed by atoms with Crippen LogP contribution in [0.1, 0.15) is 11.3 Å². The Bertz CT molecular complexity index is 753. The fraction of sp³-hybridized carbons (Fsp3) is 0.353. The Balaban J connectivity index is 2.12. The van der Waals surface area contributed by atoms with E-state index < -0.39 is 4.92 Å². The van der Waals surface area contributed by atoms with Crippen molar-refractivity contribution in [1.29, 1.82) is 0 Å². The molecule has 0 fully saturated rings. The number of halogens is 1. The van der Waals surface area contributed by atoms with Gasteiger partial charge < -0.3 is 15.1 Å². The molecule has 0 radical (unpaired) electrons. The van der Waals surface area contributed by atoms with Crippen LogP contribution in [0.25, 0.3) is 0 Å². The first kappa shape index (κ1) is 20.6. The van der Waals surface area contributed by atoms with Crippen molar-refractivity contribution in [2.45, 2.75) is 13.0 Å². The van der Waals surface area contributed by atoms with Crippen LogP contribution in [0.5, 0.6) is 0 Å². The summed E-state index contributed by atoms with van der Waals surface area (Å²) in [5.41, 5.74) is 0.409. The molecule has 1 heterocycles. The van der Waals surface area contributed by atoms with Gasteiger partial charge in [0, 0.05) is 23.6 Å². The third-order valence-corrected chi connectivity index (χ3v) is 5.20. The Labute approximate surface area is 167 Å². The molecule has 0 amide bonds. The smallest absolute Gasteiger partial charge is 0.271 e. The maximum atomic E-state index is 11.0. The molecule has 9 heteroatoms.